The standard InChI is InChI=1S/C23H33N5O2.HI/c1-4-24-23(25-16-19-8-7-9-22(27-19)30-3)26-17-21(28-14-5-6-15-28)18-10-12-20(29-2)13-11-18;/h7-13,21H,4-6,14-17H2,1-3H3,(H2,24,25,26);1H. The van der Waals surface area contributed by atoms with E-state index in [1.807, 2.05) is 30.3 Å². The molecule has 0 radical (unpaired) electrons. The third kappa shape index (κ3) is 7.53. The molecule has 0 aliphatic carbocycles. The van der Waals surface area contributed by atoms with Crippen LogP contribution in [0.2, 0.25) is 0 Å². The number of nitrogens with one attached hydrogen (secondary N) is 2. The second-order valence-electron chi connectivity index (χ2n) is 7.28. The van der Waals surface area contributed by atoms with Gasteiger partial charge >= 0.3 is 0 Å². The second-order valence-corrected chi connectivity index (χ2v) is 7.28. The van der Waals surface area contributed by atoms with E-state index in [1.54, 1.807) is 14.2 Å². The molecule has 3 rings (SSSR count). The molecule has 0 amide bonds. The van der Waals surface area contributed by atoms with Gasteiger partial charge in [0.05, 0.1) is 32.5 Å². The van der Waals surface area contributed by atoms with Gasteiger partial charge in [0, 0.05) is 19.2 Å². The Kier molecular flexibility index (Phi) is 10.9. The van der Waals surface area contributed by atoms with Crippen molar-refractivity contribution in [3.05, 3.63) is 53.7 Å². The number of likely N-dealkylation sites (tertiary alicyclic amines) is 1. The number of nitrogens with zero attached hydrogens (tertiary/aromatic N) is 3. The highest BCUT2D eigenvalue weighted by molar-refractivity contribution is 14.0. The van der Waals surface area contributed by atoms with Crippen molar-refractivity contribution in [2.24, 2.45) is 4.99 Å². The Morgan fingerprint density at radius 3 is 2.45 bits per heavy atom. The Labute approximate surface area is 202 Å². The van der Waals surface area contributed by atoms with Crippen molar-refractivity contribution >= 4 is 29.9 Å². The number of hydrogen-bond acceptors (Lipinski definition) is 5. The summed E-state index contributed by atoms with van der Waals surface area (Å²) in [6.07, 6.45) is 2.50. The van der Waals surface area contributed by atoms with Crippen LogP contribution >= 0.6 is 24.0 Å². The Balaban J connectivity index is 0.00000341. The number of methoxy groups -OCH3 is 2. The highest BCUT2D eigenvalue weighted by atomic mass is 127. The largest absolute Gasteiger partial charge is 0.497 e. The molecule has 2 N–H and O–H groups in total. The van der Waals surface area contributed by atoms with Crippen LogP contribution in [0.4, 0.5) is 0 Å². The minimum absolute atomic E-state index is 0. The molecule has 1 aromatic heterocycles. The van der Waals surface area contributed by atoms with E-state index < -0.39 is 0 Å². The zero-order valence-corrected chi connectivity index (χ0v) is 21.0. The van der Waals surface area contributed by atoms with Crippen LogP contribution in [-0.2, 0) is 6.54 Å². The van der Waals surface area contributed by atoms with Gasteiger partial charge in [-0.05, 0) is 56.6 Å². The lowest BCUT2D eigenvalue weighted by molar-refractivity contribution is 0.245. The lowest BCUT2D eigenvalue weighted by Gasteiger charge is -2.29. The maximum absolute atomic E-state index is 5.32. The summed E-state index contributed by atoms with van der Waals surface area (Å²) in [4.78, 5) is 11.7. The lowest BCUT2D eigenvalue weighted by Crippen LogP contribution is -2.42. The lowest BCUT2D eigenvalue weighted by atomic mass is 10.1. The first kappa shape index (κ1) is 25.2. The smallest absolute Gasteiger partial charge is 0.213 e. The van der Waals surface area contributed by atoms with E-state index >= 15 is 0 Å². The molecule has 2 heterocycles. The van der Waals surface area contributed by atoms with Gasteiger partial charge in [0.2, 0.25) is 5.88 Å². The van der Waals surface area contributed by atoms with E-state index in [1.165, 1.54) is 18.4 Å². The monoisotopic (exact) mass is 539 g/mol. The van der Waals surface area contributed by atoms with Gasteiger partial charge in [0.15, 0.2) is 5.96 Å². The van der Waals surface area contributed by atoms with Gasteiger partial charge in [-0.15, -0.1) is 24.0 Å². The average Bonchev–Trinajstić information content (AvgIpc) is 3.32. The highest BCUT2D eigenvalue weighted by Crippen LogP contribution is 2.26. The maximum Gasteiger partial charge on any atom is 0.213 e. The molecule has 31 heavy (non-hydrogen) atoms. The molecule has 1 fully saturated rings. The molecule has 1 unspecified atom stereocenters. The molecule has 0 saturated carbocycles. The Bertz CT molecular complexity index is 810. The van der Waals surface area contributed by atoms with Crippen LogP contribution in [0.5, 0.6) is 11.6 Å². The van der Waals surface area contributed by atoms with Gasteiger partial charge in [-0.1, -0.05) is 18.2 Å². The van der Waals surface area contributed by atoms with Crippen molar-refractivity contribution in [2.45, 2.75) is 32.4 Å². The maximum atomic E-state index is 5.32. The normalized spacial score (nSPS) is 15.1. The number of hydrogen-bond donors (Lipinski definition) is 2. The molecule has 2 aromatic rings. The van der Waals surface area contributed by atoms with Crippen LogP contribution in [0.25, 0.3) is 0 Å². The molecule has 1 aliphatic rings. The molecule has 170 valence electrons. The van der Waals surface area contributed by atoms with Crippen LogP contribution in [0.3, 0.4) is 0 Å². The summed E-state index contributed by atoms with van der Waals surface area (Å²) in [7, 11) is 3.32. The second kappa shape index (κ2) is 13.4. The molecule has 0 bridgehead atoms. The Morgan fingerprint density at radius 1 is 1.06 bits per heavy atom. The molecular weight excluding hydrogens is 505 g/mol. The Hall–Kier alpha value is -2.07. The van der Waals surface area contributed by atoms with Crippen molar-refractivity contribution in [1.82, 2.24) is 20.5 Å². The van der Waals surface area contributed by atoms with E-state index in [0.717, 1.165) is 43.6 Å². The quantitative estimate of drug-likeness (QED) is 0.288. The van der Waals surface area contributed by atoms with Gasteiger partial charge in [-0.3, -0.25) is 4.90 Å². The van der Waals surface area contributed by atoms with Crippen molar-refractivity contribution in [3.63, 3.8) is 0 Å². The van der Waals surface area contributed by atoms with E-state index in [2.05, 4.69) is 39.6 Å². The summed E-state index contributed by atoms with van der Waals surface area (Å²) in [5, 5.41) is 6.87. The van der Waals surface area contributed by atoms with Crippen LogP contribution in [-0.4, -0.2) is 56.2 Å². The molecule has 1 aliphatic heterocycles. The SMILES string of the molecule is CCNC(=NCc1cccc(OC)n1)NCC(c1ccc(OC)cc1)N1CCCC1.I. The fourth-order valence-corrected chi connectivity index (χ4v) is 3.69. The molecule has 8 heteroatoms. The Morgan fingerprint density at radius 2 is 1.81 bits per heavy atom. The zero-order valence-electron chi connectivity index (χ0n) is 18.6. The molecule has 7 nitrogen and oxygen atoms in total. The third-order valence-corrected chi connectivity index (χ3v) is 5.28. The fourth-order valence-electron chi connectivity index (χ4n) is 3.69. The van der Waals surface area contributed by atoms with Crippen LogP contribution in [0.15, 0.2) is 47.5 Å². The van der Waals surface area contributed by atoms with Gasteiger partial charge < -0.3 is 20.1 Å². The first-order valence-corrected chi connectivity index (χ1v) is 10.6. The van der Waals surface area contributed by atoms with Gasteiger partial charge in [0.1, 0.15) is 5.75 Å². The van der Waals surface area contributed by atoms with E-state index in [-0.39, 0.29) is 30.0 Å². The predicted molar refractivity (Wildman–Crippen MR) is 136 cm³/mol. The number of guanidine groups is 1. The van der Waals surface area contributed by atoms with Gasteiger partial charge in [-0.2, -0.15) is 0 Å². The summed E-state index contributed by atoms with van der Waals surface area (Å²) in [5.41, 5.74) is 2.16. The minimum atomic E-state index is 0. The number of ether oxygens (including phenoxy) is 2. The molecule has 0 spiro atoms. The fraction of sp³-hybridized carbons (Fsp3) is 0.478. The van der Waals surface area contributed by atoms with Crippen LogP contribution < -0.4 is 20.1 Å². The third-order valence-electron chi connectivity index (χ3n) is 5.28. The first-order valence-electron chi connectivity index (χ1n) is 10.6. The van der Waals surface area contributed by atoms with Crippen LogP contribution in [0.1, 0.15) is 37.1 Å². The van der Waals surface area contributed by atoms with E-state index in [0.29, 0.717) is 12.4 Å². The summed E-state index contributed by atoms with van der Waals surface area (Å²) in [5.74, 6) is 2.28. The predicted octanol–water partition coefficient (Wildman–Crippen LogP) is 3.61. The molecular formula is C23H34IN5O2. The first-order chi connectivity index (χ1) is 14.7. The number of aliphatic imine (C=N–C) groups is 1. The number of halogens is 1. The van der Waals surface area contributed by atoms with Crippen LogP contribution in [0, 0.1) is 0 Å². The minimum Gasteiger partial charge on any atom is -0.497 e. The van der Waals surface area contributed by atoms with Crippen molar-refractivity contribution in [3.8, 4) is 11.6 Å². The topological polar surface area (TPSA) is 71.0 Å². The van der Waals surface area contributed by atoms with Crippen molar-refractivity contribution < 1.29 is 9.47 Å². The molecule has 1 atom stereocenters. The molecule has 1 aromatic carbocycles. The van der Waals surface area contributed by atoms with E-state index in [9.17, 15) is 0 Å². The van der Waals surface area contributed by atoms with Crippen molar-refractivity contribution in [2.75, 3.05) is 40.4 Å². The highest BCUT2D eigenvalue weighted by Gasteiger charge is 2.23. The summed E-state index contributed by atoms with van der Waals surface area (Å²) < 4.78 is 10.5. The van der Waals surface area contributed by atoms with Gasteiger partial charge in [0.25, 0.3) is 0 Å². The number of benzene rings is 1. The number of aromatic nitrogens is 1. The summed E-state index contributed by atoms with van der Waals surface area (Å²) >= 11 is 0. The summed E-state index contributed by atoms with van der Waals surface area (Å²) in [6.45, 7) is 6.39. The summed E-state index contributed by atoms with van der Waals surface area (Å²) in [6, 6.07) is 14.4. The average molecular weight is 539 g/mol. The van der Waals surface area contributed by atoms with E-state index in [4.69, 9.17) is 14.5 Å². The number of pyridine rings is 1. The zero-order chi connectivity index (χ0) is 21.2. The molecule has 1 saturated heterocycles. The van der Waals surface area contributed by atoms with Crippen molar-refractivity contribution in [1.29, 1.82) is 0 Å². The van der Waals surface area contributed by atoms with Gasteiger partial charge in [-0.25, -0.2) is 9.98 Å². The number of rotatable bonds is 9.